The predicted octanol–water partition coefficient (Wildman–Crippen LogP) is 4.11. The molecule has 1 saturated heterocycles. The molecule has 1 aromatic rings. The van der Waals surface area contributed by atoms with Crippen molar-refractivity contribution >= 4 is 21.8 Å². The molecule has 0 radical (unpaired) electrons. The summed E-state index contributed by atoms with van der Waals surface area (Å²) in [6, 6.07) is 5.39. The average Bonchev–Trinajstić information content (AvgIpc) is 3.09. The zero-order chi connectivity index (χ0) is 17.3. The average molecular weight is 397 g/mol. The van der Waals surface area contributed by atoms with Gasteiger partial charge in [0.05, 0.1) is 5.92 Å². The Morgan fingerprint density at radius 3 is 2.75 bits per heavy atom. The van der Waals surface area contributed by atoms with Crippen molar-refractivity contribution in [1.82, 2.24) is 10.2 Å². The summed E-state index contributed by atoms with van der Waals surface area (Å²) in [6.07, 6.45) is 4.63. The summed E-state index contributed by atoms with van der Waals surface area (Å²) in [4.78, 5) is 15.0. The second-order valence-corrected chi connectivity index (χ2v) is 8.61. The summed E-state index contributed by atoms with van der Waals surface area (Å²) in [6.45, 7) is 6.21. The van der Waals surface area contributed by atoms with E-state index in [1.165, 1.54) is 18.9 Å². The summed E-state index contributed by atoms with van der Waals surface area (Å²) in [5.74, 6) is 0.0199. The van der Waals surface area contributed by atoms with E-state index in [4.69, 9.17) is 0 Å². The largest absolute Gasteiger partial charge is 0.354 e. The molecule has 1 unspecified atom stereocenters. The van der Waals surface area contributed by atoms with Crippen LogP contribution in [0.4, 0.5) is 4.39 Å². The topological polar surface area (TPSA) is 32.3 Å². The molecule has 1 aliphatic carbocycles. The van der Waals surface area contributed by atoms with E-state index >= 15 is 0 Å². The highest BCUT2D eigenvalue weighted by Crippen LogP contribution is 2.49. The van der Waals surface area contributed by atoms with Gasteiger partial charge in [-0.3, -0.25) is 9.69 Å². The van der Waals surface area contributed by atoms with Crippen LogP contribution in [0.1, 0.15) is 45.1 Å². The van der Waals surface area contributed by atoms with Crippen molar-refractivity contribution in [3.05, 3.63) is 34.1 Å². The Morgan fingerprint density at radius 2 is 2.12 bits per heavy atom. The highest BCUT2D eigenvalue weighted by molar-refractivity contribution is 9.10. The number of hydrogen-bond donors (Lipinski definition) is 1. The lowest BCUT2D eigenvalue weighted by Crippen LogP contribution is -2.42. The summed E-state index contributed by atoms with van der Waals surface area (Å²) in [5.41, 5.74) is 0.793. The van der Waals surface area contributed by atoms with Crippen molar-refractivity contribution in [2.45, 2.75) is 52.1 Å². The van der Waals surface area contributed by atoms with Gasteiger partial charge < -0.3 is 5.32 Å². The number of benzene rings is 1. The molecule has 132 valence electrons. The van der Waals surface area contributed by atoms with Gasteiger partial charge in [0.25, 0.3) is 0 Å². The summed E-state index contributed by atoms with van der Waals surface area (Å²) < 4.78 is 14.9. The Kier molecular flexibility index (Phi) is 5.30. The van der Waals surface area contributed by atoms with Crippen molar-refractivity contribution in [2.75, 3.05) is 13.1 Å². The van der Waals surface area contributed by atoms with Crippen LogP contribution in [-0.2, 0) is 11.3 Å². The van der Waals surface area contributed by atoms with E-state index < -0.39 is 0 Å². The van der Waals surface area contributed by atoms with Gasteiger partial charge in [0.15, 0.2) is 0 Å². The van der Waals surface area contributed by atoms with Crippen molar-refractivity contribution in [2.24, 2.45) is 11.3 Å². The Balaban J connectivity index is 1.76. The van der Waals surface area contributed by atoms with Crippen LogP contribution in [-0.4, -0.2) is 29.9 Å². The predicted molar refractivity (Wildman–Crippen MR) is 97.0 cm³/mol. The molecule has 3 nitrogen and oxygen atoms in total. The molecule has 3 rings (SSSR count). The molecular weight excluding hydrogens is 371 g/mol. The summed E-state index contributed by atoms with van der Waals surface area (Å²) in [7, 11) is 0. The molecule has 1 aliphatic heterocycles. The molecule has 2 fully saturated rings. The molecule has 2 aliphatic rings. The number of nitrogens with zero attached hydrogens (tertiary/aromatic N) is 1. The first-order valence-corrected chi connectivity index (χ1v) is 9.65. The third-order valence-corrected chi connectivity index (χ3v) is 5.97. The second kappa shape index (κ2) is 7.12. The van der Waals surface area contributed by atoms with Crippen molar-refractivity contribution < 1.29 is 9.18 Å². The van der Waals surface area contributed by atoms with E-state index in [-0.39, 0.29) is 29.1 Å². The van der Waals surface area contributed by atoms with Crippen LogP contribution in [0.5, 0.6) is 0 Å². The molecule has 1 N–H and O–H groups in total. The maximum Gasteiger partial charge on any atom is 0.225 e. The van der Waals surface area contributed by atoms with Gasteiger partial charge in [0.1, 0.15) is 5.82 Å². The van der Waals surface area contributed by atoms with Gasteiger partial charge in [-0.2, -0.15) is 0 Å². The minimum Gasteiger partial charge on any atom is -0.354 e. The fourth-order valence-electron chi connectivity index (χ4n) is 4.41. The molecule has 1 atom stereocenters. The normalized spacial score (nSPS) is 23.3. The molecule has 1 aromatic carbocycles. The molecule has 0 bridgehead atoms. The van der Waals surface area contributed by atoms with E-state index in [2.05, 4.69) is 26.1 Å². The zero-order valence-electron chi connectivity index (χ0n) is 14.4. The lowest BCUT2D eigenvalue weighted by molar-refractivity contribution is -0.128. The van der Waals surface area contributed by atoms with Gasteiger partial charge in [-0.15, -0.1) is 0 Å². The minimum atomic E-state index is -0.181. The van der Waals surface area contributed by atoms with Gasteiger partial charge >= 0.3 is 0 Å². The molecule has 24 heavy (non-hydrogen) atoms. The van der Waals surface area contributed by atoms with Crippen LogP contribution in [0.15, 0.2) is 22.7 Å². The number of likely N-dealkylation sites (tertiary alicyclic amines) is 1. The number of carbonyl (C=O) groups excluding carboxylic acids is 1. The first-order valence-electron chi connectivity index (χ1n) is 8.86. The fourth-order valence-corrected chi connectivity index (χ4v) is 4.75. The first-order chi connectivity index (χ1) is 11.4. The number of carbonyl (C=O) groups is 1. The smallest absolute Gasteiger partial charge is 0.225 e. The van der Waals surface area contributed by atoms with Crippen molar-refractivity contribution in [1.29, 1.82) is 0 Å². The third-order valence-electron chi connectivity index (χ3n) is 5.47. The van der Waals surface area contributed by atoms with Crippen molar-refractivity contribution in [3.8, 4) is 0 Å². The number of halogens is 2. The second-order valence-electron chi connectivity index (χ2n) is 7.69. The monoisotopic (exact) mass is 396 g/mol. The Bertz CT molecular complexity index is 613. The lowest BCUT2D eigenvalue weighted by atomic mass is 9.76. The van der Waals surface area contributed by atoms with Crippen LogP contribution < -0.4 is 5.32 Å². The van der Waals surface area contributed by atoms with E-state index in [1.54, 1.807) is 0 Å². The number of rotatable bonds is 4. The number of amides is 1. The van der Waals surface area contributed by atoms with Gasteiger partial charge in [-0.25, -0.2) is 4.39 Å². The SMILES string of the molecule is CC(C)NC(=O)C1CN(Cc2ccc(Br)cc2F)CC12CCCC2. The minimum absolute atomic E-state index is 0.0286. The number of nitrogens with one attached hydrogen (secondary N) is 1. The molecule has 1 spiro atoms. The Hall–Kier alpha value is -0.940. The van der Waals surface area contributed by atoms with E-state index in [0.717, 1.165) is 30.4 Å². The fraction of sp³-hybridized carbons (Fsp3) is 0.632. The van der Waals surface area contributed by atoms with Crippen LogP contribution in [0.2, 0.25) is 0 Å². The van der Waals surface area contributed by atoms with E-state index in [0.29, 0.717) is 12.1 Å². The maximum atomic E-state index is 14.2. The third kappa shape index (κ3) is 3.67. The molecule has 0 aromatic heterocycles. The quantitative estimate of drug-likeness (QED) is 0.830. The summed E-state index contributed by atoms with van der Waals surface area (Å²) >= 11 is 3.30. The van der Waals surface area contributed by atoms with Crippen LogP contribution in [0.3, 0.4) is 0 Å². The van der Waals surface area contributed by atoms with E-state index in [9.17, 15) is 9.18 Å². The lowest BCUT2D eigenvalue weighted by Gasteiger charge is -2.29. The van der Waals surface area contributed by atoms with Gasteiger partial charge in [-0.05, 0) is 44.2 Å². The maximum absolute atomic E-state index is 14.2. The Morgan fingerprint density at radius 1 is 1.42 bits per heavy atom. The van der Waals surface area contributed by atoms with Gasteiger partial charge in [-0.1, -0.05) is 34.8 Å². The number of hydrogen-bond acceptors (Lipinski definition) is 2. The van der Waals surface area contributed by atoms with E-state index in [1.807, 2.05) is 26.0 Å². The van der Waals surface area contributed by atoms with Crippen LogP contribution in [0, 0.1) is 17.2 Å². The molecule has 5 heteroatoms. The molecular formula is C19H26BrFN2O. The summed E-state index contributed by atoms with van der Waals surface area (Å²) in [5, 5.41) is 3.09. The van der Waals surface area contributed by atoms with Crippen molar-refractivity contribution in [3.63, 3.8) is 0 Å². The van der Waals surface area contributed by atoms with Gasteiger partial charge in [0, 0.05) is 35.7 Å². The van der Waals surface area contributed by atoms with Crippen LogP contribution >= 0.6 is 15.9 Å². The molecule has 1 saturated carbocycles. The standard InChI is InChI=1S/C19H26BrFN2O/c1-13(2)22-18(24)16-11-23(12-19(16)7-3-4-8-19)10-14-5-6-15(20)9-17(14)21/h5-6,9,13,16H,3-4,7-8,10-12H2,1-2H3,(H,22,24). The van der Waals surface area contributed by atoms with Crippen LogP contribution in [0.25, 0.3) is 0 Å². The van der Waals surface area contributed by atoms with Gasteiger partial charge in [0.2, 0.25) is 5.91 Å². The first kappa shape index (κ1) is 17.9. The highest BCUT2D eigenvalue weighted by atomic mass is 79.9. The molecule has 1 amide bonds. The molecule has 1 heterocycles. The Labute approximate surface area is 152 Å². The zero-order valence-corrected chi connectivity index (χ0v) is 16.0. The highest BCUT2D eigenvalue weighted by Gasteiger charge is 2.51.